The van der Waals surface area contributed by atoms with Crippen LogP contribution in [0.4, 0.5) is 0 Å². The Morgan fingerprint density at radius 2 is 0.935 bits per heavy atom. The van der Waals surface area contributed by atoms with Crippen molar-refractivity contribution in [2.45, 2.75) is 19.3 Å². The molecular formula is C45H27N. The Balaban J connectivity index is 1.19. The predicted octanol–water partition coefficient (Wildman–Crippen LogP) is 11.3. The van der Waals surface area contributed by atoms with Crippen LogP contribution in [0.25, 0.3) is 82.1 Å². The van der Waals surface area contributed by atoms with E-state index in [1.807, 2.05) is 0 Å². The average molecular weight is 582 g/mol. The van der Waals surface area contributed by atoms with Crippen LogP contribution in [-0.2, 0) is 19.3 Å². The third kappa shape index (κ3) is 2.75. The zero-order valence-corrected chi connectivity index (χ0v) is 25.2. The van der Waals surface area contributed by atoms with Crippen LogP contribution < -0.4 is 0 Å². The molecule has 0 bridgehead atoms. The van der Waals surface area contributed by atoms with Gasteiger partial charge in [-0.2, -0.15) is 0 Å². The first-order valence-electron chi connectivity index (χ1n) is 16.5. The number of aromatic nitrogens is 1. The van der Waals surface area contributed by atoms with Gasteiger partial charge in [0.15, 0.2) is 0 Å². The Morgan fingerprint density at radius 1 is 0.370 bits per heavy atom. The van der Waals surface area contributed by atoms with Gasteiger partial charge < -0.3 is 4.57 Å². The number of rotatable bonds is 3. The summed E-state index contributed by atoms with van der Waals surface area (Å²) in [5.41, 5.74) is 18.3. The van der Waals surface area contributed by atoms with Gasteiger partial charge in [-0.05, 0) is 150 Å². The van der Waals surface area contributed by atoms with Gasteiger partial charge in [0.05, 0.1) is 11.0 Å². The van der Waals surface area contributed by atoms with Gasteiger partial charge in [-0.3, -0.25) is 0 Å². The number of para-hydroxylation sites is 2. The molecule has 0 N–H and O–H groups in total. The molecule has 1 heterocycles. The minimum atomic E-state index is 0.979. The standard InChI is InChI=1S/C45H27N/c1-3-9-25(10-4-1)33-22-29-19-27-15-16-28-20-30-23-34(37-24-36(33)44-42(29)40(27)41(28)43(30)45(37)44)26-17-18-39-35(21-26)32-13-7-8-14-38(32)46(39)31-11-5-2-6-12-31/h1-18,21-23H,19-20,24H2. The molecule has 12 rings (SSSR count). The molecule has 0 amide bonds. The average Bonchev–Trinajstić information content (AvgIpc) is 3.86. The maximum absolute atomic E-state index is 2.56. The fourth-order valence-corrected chi connectivity index (χ4v) is 9.60. The van der Waals surface area contributed by atoms with E-state index in [-0.39, 0.29) is 0 Å². The van der Waals surface area contributed by atoms with E-state index in [0.29, 0.717) is 0 Å². The Labute approximate surface area is 266 Å². The van der Waals surface area contributed by atoms with Crippen molar-refractivity contribution in [2.24, 2.45) is 0 Å². The maximum Gasteiger partial charge on any atom is 0.0541 e. The quantitative estimate of drug-likeness (QED) is 0.183. The molecule has 1 heteroatoms. The molecule has 1 aromatic heterocycles. The minimum Gasteiger partial charge on any atom is -0.309 e. The number of fused-ring (bicyclic) bond motifs is 3. The lowest BCUT2D eigenvalue weighted by Gasteiger charge is -2.14. The summed E-state index contributed by atoms with van der Waals surface area (Å²) in [7, 11) is 0. The molecule has 0 saturated heterocycles. The van der Waals surface area contributed by atoms with Crippen LogP contribution in [0.1, 0.15) is 33.4 Å². The molecule has 0 spiro atoms. The summed E-state index contributed by atoms with van der Waals surface area (Å²) in [6.45, 7) is 0. The highest BCUT2D eigenvalue weighted by Gasteiger charge is 2.34. The Kier molecular flexibility index (Phi) is 4.19. The van der Waals surface area contributed by atoms with Crippen LogP contribution in [0.15, 0.2) is 127 Å². The van der Waals surface area contributed by atoms with Gasteiger partial charge in [0.2, 0.25) is 0 Å². The zero-order valence-electron chi connectivity index (χ0n) is 25.2. The lowest BCUT2D eigenvalue weighted by atomic mass is 9.90. The van der Waals surface area contributed by atoms with Crippen LogP contribution in [0.2, 0.25) is 0 Å². The van der Waals surface area contributed by atoms with Crippen molar-refractivity contribution in [3.63, 3.8) is 0 Å². The van der Waals surface area contributed by atoms with E-state index in [9.17, 15) is 0 Å². The fraction of sp³-hybridized carbons (Fsp3) is 0.0667. The Morgan fingerprint density at radius 3 is 1.63 bits per heavy atom. The molecule has 0 atom stereocenters. The number of nitrogens with zero attached hydrogens (tertiary/aromatic N) is 1. The van der Waals surface area contributed by atoms with Crippen molar-refractivity contribution in [1.29, 1.82) is 0 Å². The van der Waals surface area contributed by atoms with Crippen LogP contribution in [0.5, 0.6) is 0 Å². The fourth-order valence-electron chi connectivity index (χ4n) is 9.60. The SMILES string of the molecule is c1ccc(-c2cc3c4c5c(ccc6c5c5c(cc(-c7ccc8c(c7)c7ccccc7n8-c7ccccc7)c7c5c4c2C7)C6)C3)cc1. The summed E-state index contributed by atoms with van der Waals surface area (Å²) in [6, 6.07) is 47.9. The van der Waals surface area contributed by atoms with Crippen molar-refractivity contribution in [1.82, 2.24) is 4.57 Å². The second-order valence-electron chi connectivity index (χ2n) is 13.6. The van der Waals surface area contributed by atoms with Crippen LogP contribution in [0, 0.1) is 0 Å². The van der Waals surface area contributed by atoms with Crippen molar-refractivity contribution in [3.05, 3.63) is 161 Å². The Bertz CT molecular complexity index is 2850. The van der Waals surface area contributed by atoms with Gasteiger partial charge in [-0.15, -0.1) is 0 Å². The molecule has 0 aliphatic heterocycles. The van der Waals surface area contributed by atoms with E-state index in [0.717, 1.165) is 19.3 Å². The van der Waals surface area contributed by atoms with E-state index < -0.39 is 0 Å². The zero-order chi connectivity index (χ0) is 29.7. The second kappa shape index (κ2) is 8.13. The normalized spacial score (nSPS) is 13.8. The first-order valence-corrected chi connectivity index (χ1v) is 16.5. The summed E-state index contributed by atoms with van der Waals surface area (Å²) in [5.74, 6) is 0. The van der Waals surface area contributed by atoms with Gasteiger partial charge in [-0.1, -0.05) is 84.9 Å². The van der Waals surface area contributed by atoms with Gasteiger partial charge in [0.25, 0.3) is 0 Å². The largest absolute Gasteiger partial charge is 0.309 e. The molecule has 212 valence electrons. The molecule has 8 aromatic carbocycles. The topological polar surface area (TPSA) is 4.93 Å². The summed E-state index contributed by atoms with van der Waals surface area (Å²) >= 11 is 0. The van der Waals surface area contributed by atoms with Crippen LogP contribution >= 0.6 is 0 Å². The summed E-state index contributed by atoms with van der Waals surface area (Å²) in [6.07, 6.45) is 3.05. The van der Waals surface area contributed by atoms with E-state index in [1.165, 1.54) is 99.3 Å². The highest BCUT2D eigenvalue weighted by molar-refractivity contribution is 6.34. The summed E-state index contributed by atoms with van der Waals surface area (Å²) in [5, 5.41) is 11.9. The van der Waals surface area contributed by atoms with Crippen LogP contribution in [-0.4, -0.2) is 4.57 Å². The van der Waals surface area contributed by atoms with Crippen LogP contribution in [0.3, 0.4) is 0 Å². The van der Waals surface area contributed by atoms with Gasteiger partial charge in [-0.25, -0.2) is 0 Å². The predicted molar refractivity (Wildman–Crippen MR) is 193 cm³/mol. The lowest BCUT2D eigenvalue weighted by molar-refractivity contribution is 1.18. The molecule has 3 aliphatic rings. The lowest BCUT2D eigenvalue weighted by Crippen LogP contribution is -1.94. The molecule has 0 radical (unpaired) electrons. The third-order valence-electron chi connectivity index (χ3n) is 11.4. The van der Waals surface area contributed by atoms with E-state index >= 15 is 0 Å². The highest BCUT2D eigenvalue weighted by atomic mass is 15.0. The molecule has 9 aromatic rings. The molecule has 46 heavy (non-hydrogen) atoms. The molecule has 0 saturated carbocycles. The van der Waals surface area contributed by atoms with Crippen molar-refractivity contribution in [2.75, 3.05) is 0 Å². The number of hydrogen-bond donors (Lipinski definition) is 0. The smallest absolute Gasteiger partial charge is 0.0541 e. The van der Waals surface area contributed by atoms with Crippen molar-refractivity contribution < 1.29 is 0 Å². The minimum absolute atomic E-state index is 0.979. The highest BCUT2D eigenvalue weighted by Crippen LogP contribution is 2.56. The molecule has 3 aliphatic carbocycles. The third-order valence-corrected chi connectivity index (χ3v) is 11.4. The van der Waals surface area contributed by atoms with Gasteiger partial charge >= 0.3 is 0 Å². The first-order chi connectivity index (χ1) is 22.8. The number of hydrogen-bond acceptors (Lipinski definition) is 0. The maximum atomic E-state index is 2.56. The molecule has 0 unspecified atom stereocenters. The van der Waals surface area contributed by atoms with Crippen molar-refractivity contribution >= 4 is 54.1 Å². The Hall–Kier alpha value is -5.66. The van der Waals surface area contributed by atoms with E-state index in [4.69, 9.17) is 0 Å². The first kappa shape index (κ1) is 23.7. The van der Waals surface area contributed by atoms with Gasteiger partial charge in [0, 0.05) is 16.5 Å². The summed E-state index contributed by atoms with van der Waals surface area (Å²) in [4.78, 5) is 0. The number of benzene rings is 8. The molecule has 0 fully saturated rings. The van der Waals surface area contributed by atoms with E-state index in [1.54, 1.807) is 16.2 Å². The summed E-state index contributed by atoms with van der Waals surface area (Å²) < 4.78 is 2.42. The van der Waals surface area contributed by atoms with E-state index in [2.05, 4.69) is 132 Å². The monoisotopic (exact) mass is 581 g/mol. The van der Waals surface area contributed by atoms with Gasteiger partial charge in [0.1, 0.15) is 0 Å². The van der Waals surface area contributed by atoms with Crippen molar-refractivity contribution in [3.8, 4) is 27.9 Å². The molecular weight excluding hydrogens is 555 g/mol. The molecule has 1 nitrogen and oxygen atoms in total. The second-order valence-corrected chi connectivity index (χ2v) is 13.6.